The van der Waals surface area contributed by atoms with Crippen molar-refractivity contribution < 1.29 is 19.4 Å². The molecule has 15 heavy (non-hydrogen) atoms. The van der Waals surface area contributed by atoms with E-state index in [4.69, 9.17) is 9.84 Å². The van der Waals surface area contributed by atoms with Crippen molar-refractivity contribution in [2.75, 3.05) is 13.7 Å². The Morgan fingerprint density at radius 3 is 2.47 bits per heavy atom. The van der Waals surface area contributed by atoms with Crippen LogP contribution < -0.4 is 5.32 Å². The first-order valence-corrected chi connectivity index (χ1v) is 5.07. The molecule has 0 saturated heterocycles. The Kier molecular flexibility index (Phi) is 6.70. The molecule has 0 aliphatic carbocycles. The molecule has 2 atom stereocenters. The van der Waals surface area contributed by atoms with Gasteiger partial charge >= 0.3 is 5.97 Å². The van der Waals surface area contributed by atoms with Gasteiger partial charge in [-0.25, -0.2) is 0 Å². The molecule has 0 bridgehead atoms. The van der Waals surface area contributed by atoms with Crippen molar-refractivity contribution in [2.45, 2.75) is 32.8 Å². The lowest BCUT2D eigenvalue weighted by molar-refractivity contribution is -0.151. The van der Waals surface area contributed by atoms with Crippen molar-refractivity contribution in [1.82, 2.24) is 5.32 Å². The van der Waals surface area contributed by atoms with Crippen LogP contribution in [0.1, 0.15) is 26.7 Å². The molecule has 0 spiro atoms. The normalized spacial score (nSPS) is 14.1. The van der Waals surface area contributed by atoms with Gasteiger partial charge in [0, 0.05) is 7.05 Å². The minimum absolute atomic E-state index is 0.0828. The highest BCUT2D eigenvalue weighted by atomic mass is 16.5. The molecule has 1 amide bonds. The SMILES string of the molecule is CCC(C)OC(=O)CC(CO)C(=O)NC. The van der Waals surface area contributed by atoms with Gasteiger partial charge in [0.05, 0.1) is 25.0 Å². The van der Waals surface area contributed by atoms with E-state index in [9.17, 15) is 9.59 Å². The zero-order valence-electron chi connectivity index (χ0n) is 9.45. The summed E-state index contributed by atoms with van der Waals surface area (Å²) in [5.74, 6) is -1.52. The maximum Gasteiger partial charge on any atom is 0.306 e. The molecule has 0 saturated carbocycles. The molecular weight excluding hydrogens is 198 g/mol. The molecule has 2 N–H and O–H groups in total. The molecule has 0 aromatic heterocycles. The number of nitrogens with one attached hydrogen (secondary N) is 1. The zero-order valence-corrected chi connectivity index (χ0v) is 9.45. The third-order valence-corrected chi connectivity index (χ3v) is 2.16. The van der Waals surface area contributed by atoms with Gasteiger partial charge in [0.25, 0.3) is 0 Å². The maximum absolute atomic E-state index is 11.3. The highest BCUT2D eigenvalue weighted by Crippen LogP contribution is 2.06. The molecule has 5 heteroatoms. The summed E-state index contributed by atoms with van der Waals surface area (Å²) in [6.07, 6.45) is 0.497. The monoisotopic (exact) mass is 217 g/mol. The Hall–Kier alpha value is -1.10. The third kappa shape index (κ3) is 5.37. The lowest BCUT2D eigenvalue weighted by Gasteiger charge is -2.14. The lowest BCUT2D eigenvalue weighted by atomic mass is 10.1. The van der Waals surface area contributed by atoms with E-state index in [1.165, 1.54) is 7.05 Å². The maximum atomic E-state index is 11.3. The van der Waals surface area contributed by atoms with Crippen LogP contribution in [0.3, 0.4) is 0 Å². The predicted molar refractivity (Wildman–Crippen MR) is 55.1 cm³/mol. The number of hydrogen-bond acceptors (Lipinski definition) is 4. The third-order valence-electron chi connectivity index (χ3n) is 2.16. The first-order valence-electron chi connectivity index (χ1n) is 5.07. The predicted octanol–water partition coefficient (Wildman–Crippen LogP) is 0.0727. The Balaban J connectivity index is 4.07. The van der Waals surface area contributed by atoms with Gasteiger partial charge in [-0.2, -0.15) is 0 Å². The molecule has 2 unspecified atom stereocenters. The smallest absolute Gasteiger partial charge is 0.306 e. The molecular formula is C10H19NO4. The number of ether oxygens (including phenoxy) is 1. The quantitative estimate of drug-likeness (QED) is 0.617. The second-order valence-electron chi connectivity index (χ2n) is 3.41. The number of rotatable bonds is 6. The van der Waals surface area contributed by atoms with Gasteiger partial charge in [0.15, 0.2) is 0 Å². The fourth-order valence-electron chi connectivity index (χ4n) is 1.00. The van der Waals surface area contributed by atoms with E-state index in [1.807, 2.05) is 6.92 Å². The Bertz CT molecular complexity index is 217. The first kappa shape index (κ1) is 13.9. The van der Waals surface area contributed by atoms with E-state index in [1.54, 1.807) is 6.92 Å². The summed E-state index contributed by atoms with van der Waals surface area (Å²) in [6.45, 7) is 3.33. The summed E-state index contributed by atoms with van der Waals surface area (Å²) >= 11 is 0. The first-order chi connectivity index (χ1) is 7.04. The summed E-state index contributed by atoms with van der Waals surface area (Å²) < 4.78 is 5.00. The van der Waals surface area contributed by atoms with Crippen molar-refractivity contribution in [3.05, 3.63) is 0 Å². The Morgan fingerprint density at radius 2 is 2.07 bits per heavy atom. The Labute approximate surface area is 89.8 Å². The fourth-order valence-corrected chi connectivity index (χ4v) is 1.00. The van der Waals surface area contributed by atoms with Crippen LogP contribution >= 0.6 is 0 Å². The van der Waals surface area contributed by atoms with Gasteiger partial charge in [-0.05, 0) is 13.3 Å². The van der Waals surface area contributed by atoms with Crippen LogP contribution in [0.25, 0.3) is 0 Å². The molecule has 0 aromatic rings. The Morgan fingerprint density at radius 1 is 1.47 bits per heavy atom. The molecule has 0 rings (SSSR count). The second-order valence-corrected chi connectivity index (χ2v) is 3.41. The molecule has 0 fully saturated rings. The van der Waals surface area contributed by atoms with Gasteiger partial charge in [-0.3, -0.25) is 9.59 Å². The number of aliphatic hydroxyl groups excluding tert-OH is 1. The minimum atomic E-state index is -0.716. The van der Waals surface area contributed by atoms with Crippen molar-refractivity contribution in [3.8, 4) is 0 Å². The summed E-state index contributed by atoms with van der Waals surface area (Å²) in [4.78, 5) is 22.4. The number of carbonyl (C=O) groups excluding carboxylic acids is 2. The van der Waals surface area contributed by atoms with Crippen molar-refractivity contribution >= 4 is 11.9 Å². The standard InChI is InChI=1S/C10H19NO4/c1-4-7(2)15-9(13)5-8(6-12)10(14)11-3/h7-8,12H,4-6H2,1-3H3,(H,11,14). The van der Waals surface area contributed by atoms with Gasteiger partial charge in [-0.1, -0.05) is 6.92 Å². The lowest BCUT2D eigenvalue weighted by Crippen LogP contribution is -2.32. The van der Waals surface area contributed by atoms with Gasteiger partial charge in [0.2, 0.25) is 5.91 Å². The number of amides is 1. The molecule has 0 heterocycles. The van der Waals surface area contributed by atoms with Crippen LogP contribution in [0.4, 0.5) is 0 Å². The topological polar surface area (TPSA) is 75.6 Å². The molecule has 0 aliphatic heterocycles. The van der Waals surface area contributed by atoms with Crippen LogP contribution in [-0.2, 0) is 14.3 Å². The van der Waals surface area contributed by atoms with E-state index in [2.05, 4.69) is 5.32 Å². The van der Waals surface area contributed by atoms with Crippen molar-refractivity contribution in [3.63, 3.8) is 0 Å². The van der Waals surface area contributed by atoms with E-state index in [0.717, 1.165) is 6.42 Å². The molecule has 0 radical (unpaired) electrons. The van der Waals surface area contributed by atoms with E-state index >= 15 is 0 Å². The van der Waals surface area contributed by atoms with Crippen LogP contribution in [0.15, 0.2) is 0 Å². The van der Waals surface area contributed by atoms with E-state index in [-0.39, 0.29) is 25.0 Å². The number of aliphatic hydroxyl groups is 1. The zero-order chi connectivity index (χ0) is 11.8. The largest absolute Gasteiger partial charge is 0.463 e. The summed E-state index contributed by atoms with van der Waals surface area (Å²) in [5, 5.41) is 11.3. The van der Waals surface area contributed by atoms with Crippen molar-refractivity contribution in [2.24, 2.45) is 5.92 Å². The average Bonchev–Trinajstić information content (AvgIpc) is 2.24. The average molecular weight is 217 g/mol. The minimum Gasteiger partial charge on any atom is -0.463 e. The van der Waals surface area contributed by atoms with Gasteiger partial charge < -0.3 is 15.2 Å². The summed E-state index contributed by atoms with van der Waals surface area (Å²) in [7, 11) is 1.46. The fraction of sp³-hybridized carbons (Fsp3) is 0.800. The second kappa shape index (κ2) is 7.23. The van der Waals surface area contributed by atoms with Gasteiger partial charge in [0.1, 0.15) is 0 Å². The molecule has 88 valence electrons. The number of hydrogen-bond donors (Lipinski definition) is 2. The van der Waals surface area contributed by atoms with Gasteiger partial charge in [-0.15, -0.1) is 0 Å². The van der Waals surface area contributed by atoms with Crippen LogP contribution in [0.5, 0.6) is 0 Å². The number of carbonyl (C=O) groups is 2. The van der Waals surface area contributed by atoms with E-state index < -0.39 is 11.9 Å². The van der Waals surface area contributed by atoms with E-state index in [0.29, 0.717) is 0 Å². The van der Waals surface area contributed by atoms with Crippen LogP contribution in [0, 0.1) is 5.92 Å². The molecule has 0 aromatic carbocycles. The van der Waals surface area contributed by atoms with Crippen molar-refractivity contribution in [1.29, 1.82) is 0 Å². The molecule has 0 aliphatic rings. The highest BCUT2D eigenvalue weighted by Gasteiger charge is 2.21. The van der Waals surface area contributed by atoms with Crippen LogP contribution in [-0.4, -0.2) is 36.7 Å². The van der Waals surface area contributed by atoms with Crippen LogP contribution in [0.2, 0.25) is 0 Å². The summed E-state index contributed by atoms with van der Waals surface area (Å²) in [6, 6.07) is 0. The molecule has 5 nitrogen and oxygen atoms in total. The summed E-state index contributed by atoms with van der Waals surface area (Å²) in [5.41, 5.74) is 0. The highest BCUT2D eigenvalue weighted by molar-refractivity contribution is 5.83. The number of esters is 1.